The molecule has 0 amide bonds. The Balaban J connectivity index is 1.96. The molecule has 0 spiro atoms. The summed E-state index contributed by atoms with van der Waals surface area (Å²) in [6.45, 7) is 6.54. The molecule has 1 aliphatic heterocycles. The van der Waals surface area contributed by atoms with Crippen LogP contribution in [-0.4, -0.2) is 21.9 Å². The first-order valence-corrected chi connectivity index (χ1v) is 7.01. The first-order chi connectivity index (χ1) is 8.13. The number of nitrogens with zero attached hydrogens (tertiary/aromatic N) is 2. The monoisotopic (exact) mass is 249 g/mol. The first-order valence-electron chi connectivity index (χ1n) is 6.03. The molecule has 3 nitrogen and oxygen atoms in total. The van der Waals surface area contributed by atoms with Crippen molar-refractivity contribution in [2.24, 2.45) is 10.9 Å². The van der Waals surface area contributed by atoms with Crippen molar-refractivity contribution in [3.63, 3.8) is 0 Å². The van der Waals surface area contributed by atoms with Crippen LogP contribution in [0.25, 0.3) is 0 Å². The lowest BCUT2D eigenvalue weighted by atomic mass is 10.1. The number of amidine groups is 1. The third-order valence-corrected chi connectivity index (χ3v) is 3.61. The van der Waals surface area contributed by atoms with E-state index >= 15 is 0 Å². The topological polar surface area (TPSA) is 37.3 Å². The Morgan fingerprint density at radius 2 is 2.29 bits per heavy atom. The summed E-state index contributed by atoms with van der Waals surface area (Å²) in [5.41, 5.74) is 2.19. The molecule has 0 radical (unpaired) electrons. The van der Waals surface area contributed by atoms with Crippen LogP contribution in [-0.2, 0) is 0 Å². The fourth-order valence-electron chi connectivity index (χ4n) is 1.90. The van der Waals surface area contributed by atoms with Gasteiger partial charge >= 0.3 is 0 Å². The van der Waals surface area contributed by atoms with Crippen molar-refractivity contribution in [1.29, 1.82) is 0 Å². The molecule has 92 valence electrons. The summed E-state index contributed by atoms with van der Waals surface area (Å²) in [5.74, 6) is 1.81. The number of rotatable bonds is 3. The molecule has 0 aliphatic carbocycles. The third kappa shape index (κ3) is 3.73. The molecular formula is C13H19N3S. The van der Waals surface area contributed by atoms with Crippen molar-refractivity contribution >= 4 is 22.6 Å². The smallest absolute Gasteiger partial charge is 0.161 e. The summed E-state index contributed by atoms with van der Waals surface area (Å²) < 4.78 is 0. The molecule has 0 saturated carbocycles. The molecule has 0 bridgehead atoms. The van der Waals surface area contributed by atoms with E-state index < -0.39 is 0 Å². The highest BCUT2D eigenvalue weighted by atomic mass is 32.2. The van der Waals surface area contributed by atoms with Gasteiger partial charge in [-0.15, -0.1) is 0 Å². The number of pyridine rings is 1. The molecule has 1 aromatic heterocycles. The first kappa shape index (κ1) is 12.4. The molecule has 0 aromatic carbocycles. The van der Waals surface area contributed by atoms with Gasteiger partial charge in [-0.2, -0.15) is 0 Å². The zero-order valence-electron chi connectivity index (χ0n) is 10.6. The molecule has 0 saturated heterocycles. The van der Waals surface area contributed by atoms with E-state index in [1.165, 1.54) is 6.42 Å². The number of hydrogen-bond acceptors (Lipinski definition) is 4. The van der Waals surface area contributed by atoms with Crippen LogP contribution in [0, 0.1) is 12.8 Å². The van der Waals surface area contributed by atoms with Crippen LogP contribution in [0.4, 0.5) is 5.69 Å². The minimum absolute atomic E-state index is 0.472. The number of aromatic nitrogens is 1. The molecule has 2 rings (SSSR count). The summed E-state index contributed by atoms with van der Waals surface area (Å²) in [6, 6.07) is 2.56. The molecule has 0 fully saturated rings. The fourth-order valence-corrected chi connectivity index (χ4v) is 2.87. The van der Waals surface area contributed by atoms with Gasteiger partial charge in [0, 0.05) is 11.9 Å². The number of anilines is 1. The molecule has 17 heavy (non-hydrogen) atoms. The summed E-state index contributed by atoms with van der Waals surface area (Å²) in [4.78, 5) is 8.86. The van der Waals surface area contributed by atoms with Crippen LogP contribution < -0.4 is 5.32 Å². The average Bonchev–Trinajstić information content (AvgIpc) is 2.64. The Hall–Kier alpha value is -1.03. The van der Waals surface area contributed by atoms with Gasteiger partial charge in [0.2, 0.25) is 0 Å². The second kappa shape index (κ2) is 5.54. The quantitative estimate of drug-likeness (QED) is 0.893. The highest BCUT2D eigenvalue weighted by molar-refractivity contribution is 8.14. The minimum atomic E-state index is 0.472. The maximum atomic E-state index is 4.69. The largest absolute Gasteiger partial charge is 0.334 e. The van der Waals surface area contributed by atoms with Crippen molar-refractivity contribution in [3.05, 3.63) is 24.0 Å². The molecule has 1 atom stereocenters. The second-order valence-corrected chi connectivity index (χ2v) is 5.91. The van der Waals surface area contributed by atoms with Crippen LogP contribution in [0.5, 0.6) is 0 Å². The fraction of sp³-hybridized carbons (Fsp3) is 0.538. The Morgan fingerprint density at radius 3 is 3.00 bits per heavy atom. The maximum Gasteiger partial charge on any atom is 0.161 e. The van der Waals surface area contributed by atoms with Crippen LogP contribution in [0.2, 0.25) is 0 Å². The van der Waals surface area contributed by atoms with Crippen molar-refractivity contribution in [1.82, 2.24) is 4.98 Å². The highest BCUT2D eigenvalue weighted by Gasteiger charge is 2.19. The lowest BCUT2D eigenvalue weighted by Crippen LogP contribution is -2.08. The van der Waals surface area contributed by atoms with Crippen LogP contribution >= 0.6 is 11.8 Å². The Morgan fingerprint density at radius 1 is 1.47 bits per heavy atom. The highest BCUT2D eigenvalue weighted by Crippen LogP contribution is 2.24. The number of hydrogen-bond donors (Lipinski definition) is 1. The Kier molecular flexibility index (Phi) is 4.05. The van der Waals surface area contributed by atoms with Crippen molar-refractivity contribution < 1.29 is 0 Å². The van der Waals surface area contributed by atoms with Gasteiger partial charge in [0.15, 0.2) is 5.17 Å². The zero-order valence-corrected chi connectivity index (χ0v) is 11.4. The van der Waals surface area contributed by atoms with Gasteiger partial charge in [-0.1, -0.05) is 25.6 Å². The number of aliphatic imine (C=N–C) groups is 1. The van der Waals surface area contributed by atoms with Gasteiger partial charge in [0.25, 0.3) is 0 Å². The Labute approximate surface area is 107 Å². The Bertz CT molecular complexity index is 415. The second-order valence-electron chi connectivity index (χ2n) is 4.90. The van der Waals surface area contributed by atoms with Gasteiger partial charge in [-0.05, 0) is 30.9 Å². The van der Waals surface area contributed by atoms with E-state index in [9.17, 15) is 0 Å². The van der Waals surface area contributed by atoms with Crippen molar-refractivity contribution in [2.75, 3.05) is 11.1 Å². The van der Waals surface area contributed by atoms with Crippen LogP contribution in [0.15, 0.2) is 23.5 Å². The van der Waals surface area contributed by atoms with Crippen molar-refractivity contribution in [2.45, 2.75) is 33.2 Å². The zero-order chi connectivity index (χ0) is 12.3. The molecular weight excluding hydrogens is 230 g/mol. The predicted molar refractivity (Wildman–Crippen MR) is 75.7 cm³/mol. The SMILES string of the molecule is Cc1cncc(NC2=NC(CC(C)C)CS2)c1. The van der Waals surface area contributed by atoms with Gasteiger partial charge in [0.05, 0.1) is 17.9 Å². The molecule has 1 N–H and O–H groups in total. The van der Waals surface area contributed by atoms with Crippen LogP contribution in [0.3, 0.4) is 0 Å². The summed E-state index contributed by atoms with van der Waals surface area (Å²) in [5, 5.41) is 4.37. The van der Waals surface area contributed by atoms with Crippen molar-refractivity contribution in [3.8, 4) is 0 Å². The number of aryl methyl sites for hydroxylation is 1. The standard InChI is InChI=1S/C13H19N3S/c1-9(2)4-12-8-17-13(16-12)15-11-5-10(3)6-14-7-11/h5-7,9,12H,4,8H2,1-3H3,(H,15,16). The average molecular weight is 249 g/mol. The van der Waals surface area contributed by atoms with E-state index in [0.29, 0.717) is 12.0 Å². The van der Waals surface area contributed by atoms with E-state index in [1.54, 1.807) is 11.8 Å². The molecule has 1 aliphatic rings. The number of thioether (sulfide) groups is 1. The van der Waals surface area contributed by atoms with Gasteiger partial charge in [0.1, 0.15) is 0 Å². The number of nitrogens with one attached hydrogen (secondary N) is 1. The minimum Gasteiger partial charge on any atom is -0.334 e. The van der Waals surface area contributed by atoms with Gasteiger partial charge in [-0.3, -0.25) is 9.98 Å². The maximum absolute atomic E-state index is 4.69. The summed E-state index contributed by atoms with van der Waals surface area (Å²) >= 11 is 1.80. The van der Waals surface area contributed by atoms with E-state index in [2.05, 4.69) is 30.2 Å². The van der Waals surface area contributed by atoms with E-state index in [1.807, 2.05) is 19.3 Å². The summed E-state index contributed by atoms with van der Waals surface area (Å²) in [7, 11) is 0. The molecule has 2 heterocycles. The lowest BCUT2D eigenvalue weighted by molar-refractivity contribution is 0.529. The molecule has 1 aromatic rings. The lowest BCUT2D eigenvalue weighted by Gasteiger charge is -2.07. The van der Waals surface area contributed by atoms with Gasteiger partial charge in [-0.25, -0.2) is 0 Å². The predicted octanol–water partition coefficient (Wildman–Crippen LogP) is 3.32. The van der Waals surface area contributed by atoms with E-state index in [4.69, 9.17) is 4.99 Å². The van der Waals surface area contributed by atoms with E-state index in [-0.39, 0.29) is 0 Å². The third-order valence-electron chi connectivity index (χ3n) is 2.58. The van der Waals surface area contributed by atoms with Crippen LogP contribution in [0.1, 0.15) is 25.8 Å². The molecule has 1 unspecified atom stereocenters. The van der Waals surface area contributed by atoms with Gasteiger partial charge < -0.3 is 5.32 Å². The summed E-state index contributed by atoms with van der Waals surface area (Å²) in [6.07, 6.45) is 4.87. The molecule has 4 heteroatoms. The normalized spacial score (nSPS) is 19.5. The van der Waals surface area contributed by atoms with E-state index in [0.717, 1.165) is 22.2 Å².